The molecule has 78 valence electrons. The normalized spacial score (nSPS) is 9.69. The van der Waals surface area contributed by atoms with E-state index >= 15 is 0 Å². The van der Waals surface area contributed by atoms with Gasteiger partial charge in [0.15, 0.2) is 6.29 Å². The van der Waals surface area contributed by atoms with Gasteiger partial charge in [-0.05, 0) is 12.1 Å². The highest BCUT2D eigenvalue weighted by Crippen LogP contribution is 2.19. The van der Waals surface area contributed by atoms with Gasteiger partial charge in [0.1, 0.15) is 12.2 Å². The lowest BCUT2D eigenvalue weighted by molar-refractivity contribution is 0.112. The van der Waals surface area contributed by atoms with Crippen LogP contribution in [0.4, 0.5) is 0 Å². The van der Waals surface area contributed by atoms with E-state index in [9.17, 15) is 4.79 Å². The molecule has 4 nitrogen and oxygen atoms in total. The van der Waals surface area contributed by atoms with Crippen LogP contribution < -0.4 is 0 Å². The summed E-state index contributed by atoms with van der Waals surface area (Å²) in [5.41, 5.74) is 2.02. The van der Waals surface area contributed by atoms with E-state index in [0.717, 1.165) is 11.8 Å². The average molecular weight is 211 g/mol. The molecule has 0 aliphatic heterocycles. The highest BCUT2D eigenvalue weighted by atomic mass is 16.1. The van der Waals surface area contributed by atoms with Crippen molar-refractivity contribution in [3.05, 3.63) is 36.3 Å². The van der Waals surface area contributed by atoms with Crippen LogP contribution in [0.5, 0.6) is 0 Å². The van der Waals surface area contributed by atoms with Gasteiger partial charge >= 0.3 is 0 Å². The summed E-state index contributed by atoms with van der Waals surface area (Å²) in [7, 11) is 0. The smallest absolute Gasteiger partial charge is 0.153 e. The molecule has 0 aliphatic rings. The molecule has 0 spiro atoms. The van der Waals surface area contributed by atoms with E-state index in [1.807, 2.05) is 0 Å². The van der Waals surface area contributed by atoms with Crippen LogP contribution in [0.25, 0.3) is 11.3 Å². The first kappa shape index (κ1) is 10.1. The number of pyridine rings is 1. The summed E-state index contributed by atoms with van der Waals surface area (Å²) in [4.78, 5) is 14.8. The van der Waals surface area contributed by atoms with E-state index in [1.54, 1.807) is 35.4 Å². The lowest BCUT2D eigenvalue weighted by Crippen LogP contribution is -1.95. The van der Waals surface area contributed by atoms with Gasteiger partial charge in [-0.2, -0.15) is 5.10 Å². The van der Waals surface area contributed by atoms with Crippen molar-refractivity contribution in [1.29, 1.82) is 0 Å². The van der Waals surface area contributed by atoms with Crippen molar-refractivity contribution in [2.24, 2.45) is 0 Å². The Hall–Kier alpha value is -2.41. The van der Waals surface area contributed by atoms with Crippen molar-refractivity contribution >= 4 is 6.29 Å². The zero-order chi connectivity index (χ0) is 11.4. The number of carbonyl (C=O) groups excluding carboxylic acids is 1. The molecule has 0 saturated carbocycles. The van der Waals surface area contributed by atoms with Crippen molar-refractivity contribution in [2.75, 3.05) is 0 Å². The predicted molar refractivity (Wildman–Crippen MR) is 59.7 cm³/mol. The second-order valence-electron chi connectivity index (χ2n) is 3.19. The molecule has 0 radical (unpaired) electrons. The highest BCUT2D eigenvalue weighted by Gasteiger charge is 2.09. The van der Waals surface area contributed by atoms with Crippen LogP contribution >= 0.6 is 0 Å². The summed E-state index contributed by atoms with van der Waals surface area (Å²) >= 11 is 0. The van der Waals surface area contributed by atoms with Crippen LogP contribution in [0.3, 0.4) is 0 Å². The van der Waals surface area contributed by atoms with E-state index in [4.69, 9.17) is 6.42 Å². The zero-order valence-electron chi connectivity index (χ0n) is 8.50. The molecular formula is C12H9N3O. The van der Waals surface area contributed by atoms with Crippen LogP contribution in [-0.4, -0.2) is 21.1 Å². The number of carbonyl (C=O) groups is 1. The second-order valence-corrected chi connectivity index (χ2v) is 3.19. The van der Waals surface area contributed by atoms with Gasteiger partial charge in [0, 0.05) is 24.2 Å². The molecule has 0 fully saturated rings. The maximum Gasteiger partial charge on any atom is 0.153 e. The SMILES string of the molecule is C#CCn1cc(C=O)c(-c2ccncc2)n1. The molecule has 2 rings (SSSR count). The van der Waals surface area contributed by atoms with E-state index in [1.165, 1.54) is 0 Å². The van der Waals surface area contributed by atoms with Gasteiger partial charge in [-0.25, -0.2) is 0 Å². The number of hydrogen-bond donors (Lipinski definition) is 0. The number of hydrogen-bond acceptors (Lipinski definition) is 3. The lowest BCUT2D eigenvalue weighted by Gasteiger charge is -1.96. The summed E-state index contributed by atoms with van der Waals surface area (Å²) in [6.45, 7) is 0.353. The summed E-state index contributed by atoms with van der Waals surface area (Å²) in [6, 6.07) is 3.60. The third kappa shape index (κ3) is 1.84. The Balaban J connectivity index is 2.48. The largest absolute Gasteiger partial charge is 0.298 e. The van der Waals surface area contributed by atoms with Crippen molar-refractivity contribution in [3.63, 3.8) is 0 Å². The molecule has 2 aromatic heterocycles. The molecule has 0 N–H and O–H groups in total. The molecule has 16 heavy (non-hydrogen) atoms. The monoisotopic (exact) mass is 211 g/mol. The zero-order valence-corrected chi connectivity index (χ0v) is 8.50. The fourth-order valence-electron chi connectivity index (χ4n) is 1.43. The van der Waals surface area contributed by atoms with E-state index in [2.05, 4.69) is 16.0 Å². The van der Waals surface area contributed by atoms with E-state index in [-0.39, 0.29) is 0 Å². The Kier molecular flexibility index (Phi) is 2.79. The first-order valence-corrected chi connectivity index (χ1v) is 4.71. The molecule has 0 atom stereocenters. The number of aromatic nitrogens is 3. The molecule has 2 heterocycles. The standard InChI is InChI=1S/C12H9N3O/c1-2-7-15-8-11(9-16)12(14-15)10-3-5-13-6-4-10/h1,3-6,8-9H,7H2. The van der Waals surface area contributed by atoms with Crippen LogP contribution in [0.15, 0.2) is 30.7 Å². The van der Waals surface area contributed by atoms with Crippen molar-refractivity contribution in [3.8, 4) is 23.6 Å². The van der Waals surface area contributed by atoms with Crippen LogP contribution in [0.1, 0.15) is 10.4 Å². The molecule has 0 unspecified atom stereocenters. The van der Waals surface area contributed by atoms with Crippen molar-refractivity contribution in [2.45, 2.75) is 6.54 Å². The predicted octanol–water partition coefficient (Wildman–Crippen LogP) is 1.39. The summed E-state index contributed by atoms with van der Waals surface area (Å²) in [5, 5.41) is 4.26. The van der Waals surface area contributed by atoms with Gasteiger partial charge in [0.05, 0.1) is 5.56 Å². The van der Waals surface area contributed by atoms with Crippen molar-refractivity contribution in [1.82, 2.24) is 14.8 Å². The Morgan fingerprint density at radius 2 is 2.19 bits per heavy atom. The molecular weight excluding hydrogens is 202 g/mol. The van der Waals surface area contributed by atoms with Crippen LogP contribution in [0, 0.1) is 12.3 Å². The molecule has 2 aromatic rings. The molecule has 0 saturated heterocycles. The van der Waals surface area contributed by atoms with Gasteiger partial charge in [-0.1, -0.05) is 5.92 Å². The Morgan fingerprint density at radius 3 is 2.81 bits per heavy atom. The number of aldehydes is 1. The topological polar surface area (TPSA) is 47.8 Å². The number of terminal acetylenes is 1. The highest BCUT2D eigenvalue weighted by molar-refractivity contribution is 5.85. The summed E-state index contributed by atoms with van der Waals surface area (Å²) in [5.74, 6) is 2.47. The first-order chi connectivity index (χ1) is 7.85. The van der Waals surface area contributed by atoms with Crippen LogP contribution in [0.2, 0.25) is 0 Å². The molecule has 0 bridgehead atoms. The first-order valence-electron chi connectivity index (χ1n) is 4.71. The molecule has 0 amide bonds. The lowest BCUT2D eigenvalue weighted by atomic mass is 10.1. The van der Waals surface area contributed by atoms with Crippen molar-refractivity contribution < 1.29 is 4.79 Å². The average Bonchev–Trinajstić information content (AvgIpc) is 2.74. The number of nitrogens with zero attached hydrogens (tertiary/aromatic N) is 3. The Bertz CT molecular complexity index is 537. The summed E-state index contributed by atoms with van der Waals surface area (Å²) in [6.07, 6.45) is 10.9. The minimum atomic E-state index is 0.353. The molecule has 0 aliphatic carbocycles. The van der Waals surface area contributed by atoms with Gasteiger partial charge < -0.3 is 0 Å². The Morgan fingerprint density at radius 1 is 1.44 bits per heavy atom. The van der Waals surface area contributed by atoms with Crippen LogP contribution in [-0.2, 0) is 6.54 Å². The quantitative estimate of drug-likeness (QED) is 0.569. The van der Waals surface area contributed by atoms with Gasteiger partial charge in [0.25, 0.3) is 0 Å². The third-order valence-electron chi connectivity index (χ3n) is 2.12. The minimum Gasteiger partial charge on any atom is -0.298 e. The minimum absolute atomic E-state index is 0.353. The third-order valence-corrected chi connectivity index (χ3v) is 2.12. The fourth-order valence-corrected chi connectivity index (χ4v) is 1.43. The maximum absolute atomic E-state index is 10.9. The second kappa shape index (κ2) is 4.41. The summed E-state index contributed by atoms with van der Waals surface area (Å²) < 4.78 is 1.57. The maximum atomic E-state index is 10.9. The van der Waals surface area contributed by atoms with Gasteiger partial charge in [-0.3, -0.25) is 14.5 Å². The Labute approximate surface area is 92.9 Å². The molecule has 0 aromatic carbocycles. The van der Waals surface area contributed by atoms with E-state index < -0.39 is 0 Å². The number of rotatable bonds is 3. The van der Waals surface area contributed by atoms with Gasteiger partial charge in [-0.15, -0.1) is 6.42 Å². The van der Waals surface area contributed by atoms with E-state index in [0.29, 0.717) is 17.8 Å². The van der Waals surface area contributed by atoms with Gasteiger partial charge in [0.2, 0.25) is 0 Å². The fraction of sp³-hybridized carbons (Fsp3) is 0.0833. The molecule has 4 heteroatoms.